The highest BCUT2D eigenvalue weighted by molar-refractivity contribution is 8.00. The zero-order chi connectivity index (χ0) is 19.6. The summed E-state index contributed by atoms with van der Waals surface area (Å²) in [5.41, 5.74) is 1.09. The van der Waals surface area contributed by atoms with E-state index in [1.807, 2.05) is 37.3 Å². The summed E-state index contributed by atoms with van der Waals surface area (Å²) in [6, 6.07) is 9.19. The average molecular weight is 384 g/mol. The molecule has 1 aromatic carbocycles. The van der Waals surface area contributed by atoms with Crippen molar-refractivity contribution >= 4 is 34.4 Å². The Morgan fingerprint density at radius 1 is 1.15 bits per heavy atom. The molecule has 2 heterocycles. The van der Waals surface area contributed by atoms with Gasteiger partial charge in [-0.1, -0.05) is 25.1 Å². The van der Waals surface area contributed by atoms with Crippen LogP contribution in [-0.4, -0.2) is 25.8 Å². The first-order chi connectivity index (χ1) is 12.9. The van der Waals surface area contributed by atoms with E-state index in [0.717, 1.165) is 15.8 Å². The van der Waals surface area contributed by atoms with Crippen LogP contribution >= 0.6 is 11.8 Å². The lowest BCUT2D eigenvalue weighted by Gasteiger charge is -2.13. The van der Waals surface area contributed by atoms with Crippen LogP contribution in [0.25, 0.3) is 11.0 Å². The van der Waals surface area contributed by atoms with E-state index in [4.69, 9.17) is 0 Å². The zero-order valence-corrected chi connectivity index (χ0v) is 16.2. The van der Waals surface area contributed by atoms with Crippen LogP contribution in [-0.2, 0) is 25.3 Å². The molecule has 1 N–H and O–H groups in total. The Balaban J connectivity index is 1.99. The number of aryl methyl sites for hydroxylation is 2. The molecule has 1 amide bonds. The maximum atomic E-state index is 12.7. The van der Waals surface area contributed by atoms with E-state index < -0.39 is 11.2 Å². The first-order valence-electron chi connectivity index (χ1n) is 8.49. The number of para-hydroxylation sites is 1. The molecule has 3 aromatic rings. The number of benzene rings is 1. The fourth-order valence-electron chi connectivity index (χ4n) is 2.81. The summed E-state index contributed by atoms with van der Waals surface area (Å²) in [7, 11) is 3.03. The summed E-state index contributed by atoms with van der Waals surface area (Å²) in [6.45, 7) is 1.96. The molecule has 0 bridgehead atoms. The molecule has 0 aliphatic heterocycles. The molecule has 140 valence electrons. The molecule has 0 unspecified atom stereocenters. The number of anilines is 1. The third-order valence-corrected chi connectivity index (χ3v) is 5.44. The molecule has 0 radical (unpaired) electrons. The monoisotopic (exact) mass is 384 g/mol. The van der Waals surface area contributed by atoms with Crippen LogP contribution in [0.5, 0.6) is 0 Å². The van der Waals surface area contributed by atoms with Crippen molar-refractivity contribution in [2.24, 2.45) is 14.1 Å². The molecule has 0 saturated heterocycles. The van der Waals surface area contributed by atoms with E-state index in [1.54, 1.807) is 13.2 Å². The lowest BCUT2D eigenvalue weighted by Crippen LogP contribution is -2.37. The van der Waals surface area contributed by atoms with Crippen molar-refractivity contribution in [1.82, 2.24) is 14.1 Å². The van der Waals surface area contributed by atoms with Crippen LogP contribution in [0.2, 0.25) is 0 Å². The minimum absolute atomic E-state index is 0.146. The number of amides is 1. The Bertz CT molecular complexity index is 1120. The number of carbonyl (C=O) groups excluding carboxylic acids is 1. The van der Waals surface area contributed by atoms with Gasteiger partial charge in [0.2, 0.25) is 5.91 Å². The summed E-state index contributed by atoms with van der Waals surface area (Å²) in [6.07, 6.45) is 2.33. The fourth-order valence-corrected chi connectivity index (χ4v) is 3.87. The summed E-state index contributed by atoms with van der Waals surface area (Å²) in [4.78, 5) is 42.2. The second kappa shape index (κ2) is 7.79. The predicted molar refractivity (Wildman–Crippen MR) is 107 cm³/mol. The van der Waals surface area contributed by atoms with Crippen LogP contribution < -0.4 is 16.6 Å². The van der Waals surface area contributed by atoms with E-state index in [-0.39, 0.29) is 11.7 Å². The van der Waals surface area contributed by atoms with Crippen molar-refractivity contribution in [3.8, 4) is 0 Å². The number of hydrogen-bond donors (Lipinski definition) is 1. The molecule has 0 aliphatic rings. The molecule has 0 fully saturated rings. The third-order valence-electron chi connectivity index (χ3n) is 4.28. The van der Waals surface area contributed by atoms with E-state index in [1.165, 1.54) is 23.4 Å². The number of nitrogens with one attached hydrogen (secondary N) is 1. The molecular weight excluding hydrogens is 364 g/mol. The molecule has 3 rings (SSSR count). The van der Waals surface area contributed by atoms with Gasteiger partial charge in [-0.05, 0) is 24.1 Å². The van der Waals surface area contributed by atoms with Gasteiger partial charge in [-0.2, -0.15) is 0 Å². The Morgan fingerprint density at radius 3 is 2.52 bits per heavy atom. The number of fused-ring (bicyclic) bond motifs is 1. The van der Waals surface area contributed by atoms with Gasteiger partial charge in [-0.15, -0.1) is 11.8 Å². The van der Waals surface area contributed by atoms with Crippen LogP contribution in [0.1, 0.15) is 12.5 Å². The number of hydrogen-bond acceptors (Lipinski definition) is 5. The molecule has 0 saturated carbocycles. The molecule has 0 aliphatic carbocycles. The van der Waals surface area contributed by atoms with E-state index in [0.29, 0.717) is 22.3 Å². The van der Waals surface area contributed by atoms with Crippen LogP contribution in [0.3, 0.4) is 0 Å². The van der Waals surface area contributed by atoms with Gasteiger partial charge in [-0.3, -0.25) is 18.7 Å². The Kier molecular flexibility index (Phi) is 5.46. The maximum Gasteiger partial charge on any atom is 0.332 e. The quantitative estimate of drug-likeness (QED) is 0.680. The van der Waals surface area contributed by atoms with Gasteiger partial charge in [0.1, 0.15) is 5.65 Å². The first-order valence-corrected chi connectivity index (χ1v) is 9.48. The van der Waals surface area contributed by atoms with Gasteiger partial charge >= 0.3 is 5.69 Å². The van der Waals surface area contributed by atoms with Crippen LogP contribution in [0.4, 0.5) is 5.69 Å². The summed E-state index contributed by atoms with van der Waals surface area (Å²) in [5, 5.41) is 3.20. The molecule has 0 spiro atoms. The summed E-state index contributed by atoms with van der Waals surface area (Å²) >= 11 is 1.29. The molecule has 7 nitrogen and oxygen atoms in total. The van der Waals surface area contributed by atoms with Gasteiger partial charge in [0.15, 0.2) is 0 Å². The lowest BCUT2D eigenvalue weighted by atomic mass is 10.2. The van der Waals surface area contributed by atoms with Gasteiger partial charge in [-0.25, -0.2) is 9.78 Å². The zero-order valence-electron chi connectivity index (χ0n) is 15.4. The summed E-state index contributed by atoms with van der Waals surface area (Å²) < 4.78 is 2.42. The number of rotatable bonds is 5. The van der Waals surface area contributed by atoms with Gasteiger partial charge in [0, 0.05) is 30.9 Å². The largest absolute Gasteiger partial charge is 0.332 e. The third kappa shape index (κ3) is 3.66. The Hall–Kier alpha value is -2.87. The number of aromatic nitrogens is 3. The Labute approximate surface area is 160 Å². The van der Waals surface area contributed by atoms with Crippen molar-refractivity contribution in [1.29, 1.82) is 0 Å². The molecule has 8 heteroatoms. The van der Waals surface area contributed by atoms with Gasteiger partial charge in [0.25, 0.3) is 5.56 Å². The van der Waals surface area contributed by atoms with Crippen molar-refractivity contribution in [2.75, 3.05) is 11.1 Å². The normalized spacial score (nSPS) is 10.9. The standard InChI is InChI=1S/C19H20N4O3S/c1-4-12-10-20-17-15(18(25)23(3)19(26)22(17)2)16(12)27-11-14(24)21-13-8-6-5-7-9-13/h5-10H,4,11H2,1-3H3,(H,21,24). The number of pyridine rings is 1. The lowest BCUT2D eigenvalue weighted by molar-refractivity contribution is -0.113. The second-order valence-corrected chi connectivity index (χ2v) is 7.06. The minimum Gasteiger partial charge on any atom is -0.325 e. The van der Waals surface area contributed by atoms with Gasteiger partial charge in [0.05, 0.1) is 11.1 Å². The average Bonchev–Trinajstić information content (AvgIpc) is 2.69. The minimum atomic E-state index is -0.429. The SMILES string of the molecule is CCc1cnc2c(c1SCC(=O)Nc1ccccc1)c(=O)n(C)c(=O)n2C. The van der Waals surface area contributed by atoms with Crippen molar-refractivity contribution < 1.29 is 4.79 Å². The molecule has 2 aromatic heterocycles. The first kappa shape index (κ1) is 18.9. The molecule has 0 atom stereocenters. The second-order valence-electron chi connectivity index (χ2n) is 6.07. The highest BCUT2D eigenvalue weighted by atomic mass is 32.2. The topological polar surface area (TPSA) is 86.0 Å². The summed E-state index contributed by atoms with van der Waals surface area (Å²) in [5.74, 6) is -0.0210. The van der Waals surface area contributed by atoms with E-state index >= 15 is 0 Å². The molecular formula is C19H20N4O3S. The highest BCUT2D eigenvalue weighted by Crippen LogP contribution is 2.28. The van der Waals surface area contributed by atoms with E-state index in [9.17, 15) is 14.4 Å². The van der Waals surface area contributed by atoms with Gasteiger partial charge < -0.3 is 5.32 Å². The number of nitrogens with zero attached hydrogens (tertiary/aromatic N) is 3. The Morgan fingerprint density at radius 2 is 1.85 bits per heavy atom. The molecule has 27 heavy (non-hydrogen) atoms. The van der Waals surface area contributed by atoms with E-state index in [2.05, 4.69) is 10.3 Å². The smallest absolute Gasteiger partial charge is 0.325 e. The number of carbonyl (C=O) groups is 1. The van der Waals surface area contributed by atoms with Crippen molar-refractivity contribution in [2.45, 2.75) is 18.2 Å². The fraction of sp³-hybridized carbons (Fsp3) is 0.263. The van der Waals surface area contributed by atoms with Crippen molar-refractivity contribution in [3.63, 3.8) is 0 Å². The highest BCUT2D eigenvalue weighted by Gasteiger charge is 2.18. The predicted octanol–water partition coefficient (Wildman–Crippen LogP) is 1.93. The van der Waals surface area contributed by atoms with Crippen LogP contribution in [0.15, 0.2) is 51.0 Å². The van der Waals surface area contributed by atoms with Crippen LogP contribution in [0, 0.1) is 0 Å². The number of thioether (sulfide) groups is 1. The maximum absolute atomic E-state index is 12.7. The van der Waals surface area contributed by atoms with Crippen molar-refractivity contribution in [3.05, 3.63) is 62.9 Å².